The Kier molecular flexibility index (Phi) is 9.90. The number of piperidine rings is 1. The van der Waals surface area contributed by atoms with E-state index >= 15 is 0 Å². The summed E-state index contributed by atoms with van der Waals surface area (Å²) in [6.45, 7) is 3.22. The molecule has 198 valence electrons. The molecule has 36 heavy (non-hydrogen) atoms. The van der Waals surface area contributed by atoms with Crippen LogP contribution < -0.4 is 15.4 Å². The highest BCUT2D eigenvalue weighted by Gasteiger charge is 2.25. The lowest BCUT2D eigenvalue weighted by Crippen LogP contribution is -2.37. The van der Waals surface area contributed by atoms with Crippen molar-refractivity contribution in [2.45, 2.75) is 51.7 Å². The smallest absolute Gasteiger partial charge is 0.344 e. The van der Waals surface area contributed by atoms with E-state index in [4.69, 9.17) is 4.74 Å². The third-order valence-electron chi connectivity index (χ3n) is 5.81. The first kappa shape index (κ1) is 27.7. The topological polar surface area (TPSA) is 124 Å². The molecule has 1 aromatic heterocycles. The number of β-amino-alcohol motifs (C(OH)–C–C–N with tert-alkyl or cyclic N) is 1. The number of aryl methyl sites for hydroxylation is 1. The summed E-state index contributed by atoms with van der Waals surface area (Å²) in [5.74, 6) is -5.66. The number of rotatable bonds is 11. The number of benzene rings is 1. The van der Waals surface area contributed by atoms with Crippen LogP contribution in [-0.4, -0.2) is 63.8 Å². The molecule has 1 saturated heterocycles. The molecule has 1 unspecified atom stereocenters. The van der Waals surface area contributed by atoms with E-state index in [2.05, 4.69) is 19.9 Å². The van der Waals surface area contributed by atoms with E-state index in [0.717, 1.165) is 32.0 Å². The van der Waals surface area contributed by atoms with Crippen LogP contribution in [0.25, 0.3) is 0 Å². The van der Waals surface area contributed by atoms with Gasteiger partial charge in [-0.1, -0.05) is 6.42 Å². The minimum atomic E-state index is -1.48. The van der Waals surface area contributed by atoms with Crippen molar-refractivity contribution in [1.82, 2.24) is 14.6 Å². The molecular weight excluding hydrogens is 501 g/mol. The minimum Gasteiger partial charge on any atom is -0.477 e. The zero-order chi connectivity index (χ0) is 26.2. The largest absolute Gasteiger partial charge is 0.477 e. The monoisotopic (exact) mass is 530 g/mol. The van der Waals surface area contributed by atoms with Crippen LogP contribution in [0.5, 0.6) is 5.88 Å². The van der Waals surface area contributed by atoms with Gasteiger partial charge >= 0.3 is 12.0 Å². The molecule has 0 aliphatic carbocycles. The van der Waals surface area contributed by atoms with Gasteiger partial charge < -0.3 is 25.2 Å². The van der Waals surface area contributed by atoms with E-state index in [9.17, 15) is 33.0 Å². The van der Waals surface area contributed by atoms with Crippen LogP contribution in [0.2, 0.25) is 0 Å². The maximum absolute atomic E-state index is 14.1. The van der Waals surface area contributed by atoms with Gasteiger partial charge in [-0.2, -0.15) is 4.37 Å². The fraction of sp³-hybridized carbons (Fsp3) is 0.522. The number of nitrogens with one attached hydrogen (secondary N) is 2. The number of aromatic nitrogens is 1. The summed E-state index contributed by atoms with van der Waals surface area (Å²) in [6, 6.07) is 0.121. The van der Waals surface area contributed by atoms with E-state index < -0.39 is 59.2 Å². The number of aliphatic hydroxyl groups excluding tert-OH is 1. The number of anilines is 1. The van der Waals surface area contributed by atoms with Gasteiger partial charge in [-0.05, 0) is 68.9 Å². The van der Waals surface area contributed by atoms with Gasteiger partial charge in [0, 0.05) is 13.1 Å². The summed E-state index contributed by atoms with van der Waals surface area (Å²) in [5, 5.41) is 24.5. The zero-order valence-corrected chi connectivity index (χ0v) is 20.6. The van der Waals surface area contributed by atoms with Gasteiger partial charge in [-0.25, -0.2) is 22.8 Å². The van der Waals surface area contributed by atoms with Crippen molar-refractivity contribution < 1.29 is 37.7 Å². The molecule has 0 radical (unpaired) electrons. The van der Waals surface area contributed by atoms with Crippen LogP contribution in [0.4, 0.5) is 23.0 Å². The van der Waals surface area contributed by atoms with Crippen molar-refractivity contribution >= 4 is 28.5 Å². The number of aromatic carboxylic acids is 1. The number of likely N-dealkylation sites (tertiary alicyclic amines) is 1. The third kappa shape index (κ3) is 7.31. The molecule has 2 heterocycles. The second kappa shape index (κ2) is 12.9. The Balaban J connectivity index is 1.50. The van der Waals surface area contributed by atoms with E-state index in [0.29, 0.717) is 30.9 Å². The second-order valence-corrected chi connectivity index (χ2v) is 9.38. The molecule has 1 fully saturated rings. The number of ether oxygens (including phenoxy) is 1. The number of carbonyl (C=O) groups excluding carboxylic acids is 1. The lowest BCUT2D eigenvalue weighted by molar-refractivity contribution is 0.0692. The van der Waals surface area contributed by atoms with Crippen LogP contribution in [-0.2, 0) is 6.61 Å². The highest BCUT2D eigenvalue weighted by atomic mass is 32.1. The minimum absolute atomic E-state index is 0.142. The molecule has 2 aromatic rings. The summed E-state index contributed by atoms with van der Waals surface area (Å²) in [6.07, 6.45) is 4.01. The molecule has 0 spiro atoms. The van der Waals surface area contributed by atoms with Crippen LogP contribution in [0.1, 0.15) is 53.6 Å². The number of carboxylic acids is 1. The standard InChI is InChI=1S/C23H29F3N4O5S/c1-13-10-16(24)15(19(26)18(13)25)12-35-20-17(22(32)33)21(36-29-20)28-23(34)27-7-5-6-14(31)11-30-8-3-2-4-9-30/h10,14,31H,2-9,11-12H2,1H3,(H,32,33)(H2,27,28,34). The van der Waals surface area contributed by atoms with Gasteiger partial charge in [0.1, 0.15) is 17.4 Å². The number of halogens is 3. The molecule has 4 N–H and O–H groups in total. The summed E-state index contributed by atoms with van der Waals surface area (Å²) in [7, 11) is 0. The van der Waals surface area contributed by atoms with Gasteiger partial charge in [0.25, 0.3) is 0 Å². The van der Waals surface area contributed by atoms with Gasteiger partial charge in [0.2, 0.25) is 5.88 Å². The Bertz CT molecular complexity index is 1080. The SMILES string of the molecule is Cc1cc(F)c(COc2nsc(NC(=O)NCCCC(O)CN3CCCCC3)c2C(=O)O)c(F)c1F. The first-order valence-electron chi connectivity index (χ1n) is 11.6. The van der Waals surface area contributed by atoms with Crippen LogP contribution in [0, 0.1) is 24.4 Å². The Morgan fingerprint density at radius 2 is 1.94 bits per heavy atom. The summed E-state index contributed by atoms with van der Waals surface area (Å²) < 4.78 is 50.8. The molecule has 1 aromatic carbocycles. The average Bonchev–Trinajstić information content (AvgIpc) is 3.23. The number of nitrogens with zero attached hydrogens (tertiary/aromatic N) is 2. The van der Waals surface area contributed by atoms with Gasteiger partial charge in [0.15, 0.2) is 17.2 Å². The first-order valence-corrected chi connectivity index (χ1v) is 12.4. The molecule has 1 atom stereocenters. The fourth-order valence-corrected chi connectivity index (χ4v) is 4.61. The van der Waals surface area contributed by atoms with E-state index in [1.807, 2.05) is 0 Å². The molecule has 13 heteroatoms. The number of amides is 2. The number of hydrogen-bond acceptors (Lipinski definition) is 7. The van der Waals surface area contributed by atoms with Crippen molar-refractivity contribution in [2.24, 2.45) is 0 Å². The third-order valence-corrected chi connectivity index (χ3v) is 6.55. The zero-order valence-electron chi connectivity index (χ0n) is 19.8. The number of carbonyl (C=O) groups is 2. The summed E-state index contributed by atoms with van der Waals surface area (Å²) in [5.41, 5.74) is -1.43. The Morgan fingerprint density at radius 3 is 2.64 bits per heavy atom. The molecule has 0 saturated carbocycles. The Labute approximate surface area is 210 Å². The number of hydrogen-bond donors (Lipinski definition) is 4. The molecule has 9 nitrogen and oxygen atoms in total. The van der Waals surface area contributed by atoms with Crippen molar-refractivity contribution in [1.29, 1.82) is 0 Å². The van der Waals surface area contributed by atoms with Crippen molar-refractivity contribution in [3.63, 3.8) is 0 Å². The Hall–Kier alpha value is -2.90. The molecule has 3 rings (SSSR count). The van der Waals surface area contributed by atoms with Crippen LogP contribution >= 0.6 is 11.5 Å². The summed E-state index contributed by atoms with van der Waals surface area (Å²) in [4.78, 5) is 26.1. The van der Waals surface area contributed by atoms with E-state index in [-0.39, 0.29) is 17.1 Å². The fourth-order valence-electron chi connectivity index (χ4n) is 3.89. The lowest BCUT2D eigenvalue weighted by atomic mass is 10.1. The van der Waals surface area contributed by atoms with Gasteiger partial charge in [-0.15, -0.1) is 0 Å². The number of carboxylic acid groups (broad SMARTS) is 1. The normalized spacial score (nSPS) is 14.9. The predicted molar refractivity (Wildman–Crippen MR) is 127 cm³/mol. The first-order chi connectivity index (χ1) is 17.2. The predicted octanol–water partition coefficient (Wildman–Crippen LogP) is 3.89. The highest BCUT2D eigenvalue weighted by molar-refractivity contribution is 7.11. The van der Waals surface area contributed by atoms with Crippen LogP contribution in [0.3, 0.4) is 0 Å². The average molecular weight is 531 g/mol. The van der Waals surface area contributed by atoms with Gasteiger partial charge in [0.05, 0.1) is 11.7 Å². The van der Waals surface area contributed by atoms with Crippen molar-refractivity contribution in [3.8, 4) is 5.88 Å². The highest BCUT2D eigenvalue weighted by Crippen LogP contribution is 2.32. The van der Waals surface area contributed by atoms with E-state index in [1.165, 1.54) is 13.3 Å². The second-order valence-electron chi connectivity index (χ2n) is 8.61. The maximum Gasteiger partial charge on any atom is 0.344 e. The maximum atomic E-state index is 14.1. The lowest BCUT2D eigenvalue weighted by Gasteiger charge is -2.28. The molecule has 0 bridgehead atoms. The van der Waals surface area contributed by atoms with E-state index in [1.54, 1.807) is 0 Å². The summed E-state index contributed by atoms with van der Waals surface area (Å²) >= 11 is 0.611. The van der Waals surface area contributed by atoms with Gasteiger partial charge in [-0.3, -0.25) is 5.32 Å². The Morgan fingerprint density at radius 1 is 1.22 bits per heavy atom. The number of urea groups is 1. The van der Waals surface area contributed by atoms with Crippen LogP contribution in [0.15, 0.2) is 6.07 Å². The van der Waals surface area contributed by atoms with Crippen molar-refractivity contribution in [2.75, 3.05) is 31.5 Å². The molecule has 1 aliphatic heterocycles. The molecule has 1 aliphatic rings. The molecular formula is C23H29F3N4O5S. The molecule has 2 amide bonds. The number of aliphatic hydroxyl groups is 1. The van der Waals surface area contributed by atoms with Crippen molar-refractivity contribution in [3.05, 3.63) is 40.2 Å². The quantitative estimate of drug-likeness (QED) is 0.257.